The van der Waals surface area contributed by atoms with E-state index in [0.717, 1.165) is 6.42 Å². The summed E-state index contributed by atoms with van der Waals surface area (Å²) in [4.78, 5) is 8.26. The second-order valence-electron chi connectivity index (χ2n) is 6.70. The first-order valence-electron chi connectivity index (χ1n) is 8.59. The van der Waals surface area contributed by atoms with Gasteiger partial charge in [-0.25, -0.2) is 4.98 Å². The minimum absolute atomic E-state index is 0.166. The van der Waals surface area contributed by atoms with Crippen LogP contribution in [0.3, 0.4) is 0 Å². The van der Waals surface area contributed by atoms with Crippen molar-refractivity contribution >= 4 is 11.8 Å². The van der Waals surface area contributed by atoms with Gasteiger partial charge in [0.05, 0.1) is 0 Å². The van der Waals surface area contributed by atoms with E-state index in [0.29, 0.717) is 17.7 Å². The molecule has 24 heavy (non-hydrogen) atoms. The Morgan fingerprint density at radius 1 is 1.12 bits per heavy atom. The number of hydrogen-bond donors (Lipinski definition) is 3. The van der Waals surface area contributed by atoms with Crippen molar-refractivity contribution in [2.24, 2.45) is 11.7 Å². The third-order valence-electron chi connectivity index (χ3n) is 4.46. The third kappa shape index (κ3) is 5.49. The van der Waals surface area contributed by atoms with Gasteiger partial charge >= 0.3 is 0 Å². The molecule has 5 N–H and O–H groups in total. The summed E-state index contributed by atoms with van der Waals surface area (Å²) < 4.78 is 0. The molecule has 0 aliphatic heterocycles. The van der Waals surface area contributed by atoms with Crippen LogP contribution in [-0.2, 0) is 0 Å². The summed E-state index contributed by atoms with van der Waals surface area (Å²) in [6, 6.07) is 10.5. The highest BCUT2D eigenvalue weighted by Gasteiger charge is 2.27. The summed E-state index contributed by atoms with van der Waals surface area (Å²) in [7, 11) is 0. The number of aryl methyl sites for hydroxylation is 2. The molecule has 3 atom stereocenters. The van der Waals surface area contributed by atoms with Crippen molar-refractivity contribution in [1.82, 2.24) is 9.97 Å². The van der Waals surface area contributed by atoms with Crippen LogP contribution < -0.4 is 16.8 Å². The minimum Gasteiger partial charge on any atom is -0.384 e. The van der Waals surface area contributed by atoms with Crippen molar-refractivity contribution in [1.29, 1.82) is 0 Å². The molecule has 0 spiro atoms. The lowest BCUT2D eigenvalue weighted by Gasteiger charge is -2.34. The van der Waals surface area contributed by atoms with Crippen LogP contribution in [0.15, 0.2) is 36.5 Å². The first-order valence-corrected chi connectivity index (χ1v) is 8.59. The summed E-state index contributed by atoms with van der Waals surface area (Å²) in [6.07, 6.45) is 5.14. The first kappa shape index (κ1) is 18.2. The predicted molar refractivity (Wildman–Crippen MR) is 101 cm³/mol. The first-order chi connectivity index (χ1) is 11.5. The van der Waals surface area contributed by atoms with Crippen LogP contribution >= 0.6 is 0 Å². The van der Waals surface area contributed by atoms with Gasteiger partial charge in [-0.15, -0.1) is 0 Å². The number of benzene rings is 1. The lowest BCUT2D eigenvalue weighted by molar-refractivity contribution is 0.305. The highest BCUT2D eigenvalue weighted by atomic mass is 15.1. The SMILES string of the molecule is CC1CCCC(Nc2nccc(N)n2)C1N.Cc1cccc(C)c1. The normalized spacial score (nSPS) is 23.1. The number of nitrogens with two attached hydrogens (primary N) is 2. The quantitative estimate of drug-likeness (QED) is 0.787. The highest BCUT2D eigenvalue weighted by Crippen LogP contribution is 2.24. The molecule has 1 aromatic carbocycles. The van der Waals surface area contributed by atoms with Gasteiger partial charge in [0, 0.05) is 18.3 Å². The molecule has 1 saturated carbocycles. The van der Waals surface area contributed by atoms with Crippen molar-refractivity contribution in [3.05, 3.63) is 47.7 Å². The number of nitrogen functional groups attached to an aromatic ring is 1. The molecule has 0 radical (unpaired) electrons. The maximum Gasteiger partial charge on any atom is 0.224 e. The van der Waals surface area contributed by atoms with Crippen LogP contribution in [0, 0.1) is 19.8 Å². The van der Waals surface area contributed by atoms with Crippen molar-refractivity contribution in [3.8, 4) is 0 Å². The molecule has 2 aromatic rings. The van der Waals surface area contributed by atoms with E-state index in [4.69, 9.17) is 11.5 Å². The maximum absolute atomic E-state index is 6.16. The Morgan fingerprint density at radius 3 is 2.42 bits per heavy atom. The van der Waals surface area contributed by atoms with E-state index in [1.54, 1.807) is 12.3 Å². The van der Waals surface area contributed by atoms with Gasteiger partial charge in [0.1, 0.15) is 5.82 Å². The second-order valence-corrected chi connectivity index (χ2v) is 6.70. The van der Waals surface area contributed by atoms with Gasteiger partial charge < -0.3 is 16.8 Å². The minimum atomic E-state index is 0.166. The Kier molecular flexibility index (Phi) is 6.55. The van der Waals surface area contributed by atoms with Gasteiger partial charge in [0.15, 0.2) is 0 Å². The fraction of sp³-hybridized carbons (Fsp3) is 0.474. The van der Waals surface area contributed by atoms with E-state index in [2.05, 4.69) is 60.3 Å². The maximum atomic E-state index is 6.16. The summed E-state index contributed by atoms with van der Waals surface area (Å²) in [6.45, 7) is 6.40. The van der Waals surface area contributed by atoms with Crippen molar-refractivity contribution in [2.75, 3.05) is 11.1 Å². The Bertz CT molecular complexity index is 626. The number of anilines is 2. The fourth-order valence-electron chi connectivity index (χ4n) is 3.02. The average Bonchev–Trinajstić information content (AvgIpc) is 2.52. The molecule has 0 bridgehead atoms. The smallest absolute Gasteiger partial charge is 0.224 e. The van der Waals surface area contributed by atoms with E-state index >= 15 is 0 Å². The molecule has 3 unspecified atom stereocenters. The second kappa shape index (κ2) is 8.64. The molecule has 0 amide bonds. The molecular weight excluding hydrogens is 298 g/mol. The van der Waals surface area contributed by atoms with Crippen molar-refractivity contribution < 1.29 is 0 Å². The lowest BCUT2D eigenvalue weighted by atomic mass is 9.83. The molecule has 3 rings (SSSR count). The molecular formula is C19H29N5. The zero-order valence-electron chi connectivity index (χ0n) is 14.9. The fourth-order valence-corrected chi connectivity index (χ4v) is 3.02. The van der Waals surface area contributed by atoms with Crippen molar-refractivity contribution in [3.63, 3.8) is 0 Å². The van der Waals surface area contributed by atoms with Gasteiger partial charge in [-0.2, -0.15) is 4.98 Å². The van der Waals surface area contributed by atoms with Gasteiger partial charge in [0.2, 0.25) is 5.95 Å². The molecule has 0 saturated heterocycles. The van der Waals surface area contributed by atoms with E-state index in [1.165, 1.54) is 24.0 Å². The van der Waals surface area contributed by atoms with Crippen LogP contribution in [0.2, 0.25) is 0 Å². The van der Waals surface area contributed by atoms with Gasteiger partial charge in [0.25, 0.3) is 0 Å². The molecule has 1 aromatic heterocycles. The Balaban J connectivity index is 0.000000219. The molecule has 1 fully saturated rings. The third-order valence-corrected chi connectivity index (χ3v) is 4.46. The molecule has 1 aliphatic carbocycles. The standard InChI is InChI=1S/C11H19N5.C8H10/c1-7-3-2-4-8(10(7)13)15-11-14-6-5-9(12)16-11;1-7-4-3-5-8(2)6-7/h5-8,10H,2-4,13H2,1H3,(H3,12,14,15,16);3-6H,1-2H3. The van der Waals surface area contributed by atoms with Crippen LogP contribution in [0.1, 0.15) is 37.3 Å². The molecule has 1 heterocycles. The number of nitrogens with one attached hydrogen (secondary N) is 1. The van der Waals surface area contributed by atoms with E-state index in [-0.39, 0.29) is 12.1 Å². The summed E-state index contributed by atoms with van der Waals surface area (Å²) >= 11 is 0. The monoisotopic (exact) mass is 327 g/mol. The largest absolute Gasteiger partial charge is 0.384 e. The van der Waals surface area contributed by atoms with Crippen molar-refractivity contribution in [2.45, 2.75) is 52.1 Å². The van der Waals surface area contributed by atoms with Crippen LogP contribution in [0.4, 0.5) is 11.8 Å². The highest BCUT2D eigenvalue weighted by molar-refractivity contribution is 5.36. The van der Waals surface area contributed by atoms with E-state index in [9.17, 15) is 0 Å². The average molecular weight is 327 g/mol. The molecule has 1 aliphatic rings. The van der Waals surface area contributed by atoms with E-state index in [1.807, 2.05) is 0 Å². The Morgan fingerprint density at radius 2 is 1.83 bits per heavy atom. The van der Waals surface area contributed by atoms with E-state index < -0.39 is 0 Å². The van der Waals surface area contributed by atoms with Crippen LogP contribution in [-0.4, -0.2) is 22.1 Å². The van der Waals surface area contributed by atoms with Gasteiger partial charge in [-0.05, 0) is 38.7 Å². The molecule has 5 nitrogen and oxygen atoms in total. The lowest BCUT2D eigenvalue weighted by Crippen LogP contribution is -2.47. The topological polar surface area (TPSA) is 89.8 Å². The van der Waals surface area contributed by atoms with Gasteiger partial charge in [-0.1, -0.05) is 48.7 Å². The summed E-state index contributed by atoms with van der Waals surface area (Å²) in [5.74, 6) is 1.61. The predicted octanol–water partition coefficient (Wildman–Crippen LogP) is 3.29. The summed E-state index contributed by atoms with van der Waals surface area (Å²) in [5.41, 5.74) is 14.4. The number of rotatable bonds is 2. The van der Waals surface area contributed by atoms with Gasteiger partial charge in [-0.3, -0.25) is 0 Å². The molecule has 130 valence electrons. The zero-order valence-corrected chi connectivity index (χ0v) is 14.9. The number of nitrogens with zero attached hydrogens (tertiary/aromatic N) is 2. The number of aromatic nitrogens is 2. The zero-order chi connectivity index (χ0) is 17.5. The summed E-state index contributed by atoms with van der Waals surface area (Å²) in [5, 5.41) is 3.27. The van der Waals surface area contributed by atoms with Crippen LogP contribution in [0.5, 0.6) is 0 Å². The number of hydrogen-bond acceptors (Lipinski definition) is 5. The molecule has 5 heteroatoms. The Labute approximate surface area is 144 Å². The van der Waals surface area contributed by atoms with Crippen LogP contribution in [0.25, 0.3) is 0 Å². The Hall–Kier alpha value is -2.14.